The summed E-state index contributed by atoms with van der Waals surface area (Å²) in [5, 5.41) is 6.41. The summed E-state index contributed by atoms with van der Waals surface area (Å²) in [5.41, 5.74) is 1.68. The smallest absolute Gasteiger partial charge is 0.240 e. The number of guanidine groups is 1. The molecule has 1 atom stereocenters. The van der Waals surface area contributed by atoms with Crippen molar-refractivity contribution in [1.29, 1.82) is 0 Å². The Kier molecular flexibility index (Phi) is 7.50. The molecule has 9 heteroatoms. The fourth-order valence-electron chi connectivity index (χ4n) is 2.97. The first-order chi connectivity index (χ1) is 14.8. The molecule has 0 spiro atoms. The molecular formula is C22H29FN4O3S. The van der Waals surface area contributed by atoms with Crippen molar-refractivity contribution in [3.8, 4) is 5.75 Å². The number of nitrogens with zero attached hydrogens (tertiary/aromatic N) is 1. The van der Waals surface area contributed by atoms with E-state index in [0.717, 1.165) is 24.0 Å². The number of ether oxygens (including phenoxy) is 1. The van der Waals surface area contributed by atoms with Crippen LogP contribution in [0.15, 0.2) is 52.4 Å². The summed E-state index contributed by atoms with van der Waals surface area (Å²) in [5.74, 6) is 1.03. The van der Waals surface area contributed by atoms with Crippen molar-refractivity contribution in [3.63, 3.8) is 0 Å². The summed E-state index contributed by atoms with van der Waals surface area (Å²) in [4.78, 5) is 4.41. The summed E-state index contributed by atoms with van der Waals surface area (Å²) >= 11 is 0. The van der Waals surface area contributed by atoms with E-state index < -0.39 is 10.0 Å². The Morgan fingerprint density at radius 3 is 2.52 bits per heavy atom. The van der Waals surface area contributed by atoms with Crippen molar-refractivity contribution in [2.24, 2.45) is 10.9 Å². The molecule has 1 unspecified atom stereocenters. The second-order valence-electron chi connectivity index (χ2n) is 7.59. The molecule has 0 saturated heterocycles. The molecule has 0 aromatic heterocycles. The van der Waals surface area contributed by atoms with Crippen LogP contribution in [0, 0.1) is 11.7 Å². The number of hydrogen-bond donors (Lipinski definition) is 3. The van der Waals surface area contributed by atoms with Crippen LogP contribution >= 0.6 is 0 Å². The van der Waals surface area contributed by atoms with Crippen LogP contribution in [-0.4, -0.2) is 35.1 Å². The van der Waals surface area contributed by atoms with Crippen LogP contribution in [0.25, 0.3) is 0 Å². The normalized spacial score (nSPS) is 15.4. The first kappa shape index (κ1) is 23.0. The van der Waals surface area contributed by atoms with Gasteiger partial charge in [0.2, 0.25) is 10.0 Å². The molecule has 7 nitrogen and oxygen atoms in total. The SMILES string of the molecule is CN=C(NCc1ccc(S(=O)(=O)NC)cc1)NC(C)c1ccc(OCC2CC2)c(F)c1. The number of nitrogens with one attached hydrogen (secondary N) is 3. The number of rotatable bonds is 9. The van der Waals surface area contributed by atoms with Crippen LogP contribution in [0.4, 0.5) is 4.39 Å². The van der Waals surface area contributed by atoms with E-state index in [2.05, 4.69) is 20.3 Å². The second kappa shape index (κ2) is 10.1. The van der Waals surface area contributed by atoms with Gasteiger partial charge in [0, 0.05) is 13.6 Å². The highest BCUT2D eigenvalue weighted by Gasteiger charge is 2.22. The summed E-state index contributed by atoms with van der Waals surface area (Å²) < 4.78 is 45.8. The van der Waals surface area contributed by atoms with Crippen molar-refractivity contribution in [3.05, 3.63) is 59.4 Å². The lowest BCUT2D eigenvalue weighted by atomic mass is 10.1. The average molecular weight is 449 g/mol. The molecule has 31 heavy (non-hydrogen) atoms. The third-order valence-corrected chi connectivity index (χ3v) is 6.60. The predicted octanol–water partition coefficient (Wildman–Crippen LogP) is 2.95. The Hall–Kier alpha value is -2.65. The number of hydrogen-bond acceptors (Lipinski definition) is 4. The highest BCUT2D eigenvalue weighted by Crippen LogP contribution is 2.30. The molecule has 168 valence electrons. The molecule has 2 aromatic carbocycles. The quantitative estimate of drug-likeness (QED) is 0.405. The van der Waals surface area contributed by atoms with E-state index in [4.69, 9.17) is 4.74 Å². The van der Waals surface area contributed by atoms with Gasteiger partial charge in [0.15, 0.2) is 17.5 Å². The van der Waals surface area contributed by atoms with Gasteiger partial charge in [-0.25, -0.2) is 17.5 Å². The Labute approximate surface area is 183 Å². The first-order valence-electron chi connectivity index (χ1n) is 10.2. The molecule has 0 radical (unpaired) electrons. The van der Waals surface area contributed by atoms with Crippen molar-refractivity contribution in [2.45, 2.75) is 37.2 Å². The summed E-state index contributed by atoms with van der Waals surface area (Å²) in [7, 11) is -0.425. The van der Waals surface area contributed by atoms with Gasteiger partial charge in [0.1, 0.15) is 0 Å². The van der Waals surface area contributed by atoms with Crippen LogP contribution < -0.4 is 20.1 Å². The summed E-state index contributed by atoms with van der Waals surface area (Å²) in [6.07, 6.45) is 2.32. The lowest BCUT2D eigenvalue weighted by Gasteiger charge is -2.19. The van der Waals surface area contributed by atoms with Gasteiger partial charge in [-0.3, -0.25) is 4.99 Å². The maximum atomic E-state index is 14.4. The fraction of sp³-hybridized carbons (Fsp3) is 0.409. The van der Waals surface area contributed by atoms with E-state index in [1.807, 2.05) is 13.0 Å². The number of sulfonamides is 1. The van der Waals surface area contributed by atoms with Crippen LogP contribution in [0.2, 0.25) is 0 Å². The van der Waals surface area contributed by atoms with Crippen LogP contribution in [0.5, 0.6) is 5.75 Å². The minimum Gasteiger partial charge on any atom is -0.490 e. The first-order valence-corrected chi connectivity index (χ1v) is 11.7. The molecule has 0 bridgehead atoms. The topological polar surface area (TPSA) is 91.8 Å². The number of aliphatic imine (C=N–C) groups is 1. The van der Waals surface area contributed by atoms with Crippen molar-refractivity contribution >= 4 is 16.0 Å². The van der Waals surface area contributed by atoms with Gasteiger partial charge in [0.25, 0.3) is 0 Å². The highest BCUT2D eigenvalue weighted by atomic mass is 32.2. The van der Waals surface area contributed by atoms with Crippen LogP contribution in [0.3, 0.4) is 0 Å². The number of halogens is 1. The third-order valence-electron chi connectivity index (χ3n) is 5.17. The zero-order chi connectivity index (χ0) is 22.4. The predicted molar refractivity (Wildman–Crippen MR) is 119 cm³/mol. The minimum atomic E-state index is -3.46. The Morgan fingerprint density at radius 1 is 1.23 bits per heavy atom. The lowest BCUT2D eigenvalue weighted by molar-refractivity contribution is 0.285. The summed E-state index contributed by atoms with van der Waals surface area (Å²) in [6.45, 7) is 2.95. The Morgan fingerprint density at radius 2 is 1.94 bits per heavy atom. The van der Waals surface area contributed by atoms with E-state index >= 15 is 0 Å². The molecule has 0 amide bonds. The van der Waals surface area contributed by atoms with E-state index in [1.54, 1.807) is 37.4 Å². The molecule has 0 heterocycles. The van der Waals surface area contributed by atoms with Crippen molar-refractivity contribution in [2.75, 3.05) is 20.7 Å². The van der Waals surface area contributed by atoms with E-state index in [9.17, 15) is 12.8 Å². The Balaban J connectivity index is 1.55. The van der Waals surface area contributed by atoms with E-state index in [-0.39, 0.29) is 22.5 Å². The molecule has 3 N–H and O–H groups in total. The van der Waals surface area contributed by atoms with Crippen molar-refractivity contribution < 1.29 is 17.5 Å². The zero-order valence-electron chi connectivity index (χ0n) is 18.0. The molecule has 0 aliphatic heterocycles. The molecular weight excluding hydrogens is 419 g/mol. The molecule has 1 fully saturated rings. The monoisotopic (exact) mass is 448 g/mol. The van der Waals surface area contributed by atoms with E-state index in [0.29, 0.717) is 25.0 Å². The summed E-state index contributed by atoms with van der Waals surface area (Å²) in [6, 6.07) is 11.4. The fourth-order valence-corrected chi connectivity index (χ4v) is 3.70. The Bertz CT molecular complexity index is 1020. The van der Waals surface area contributed by atoms with Gasteiger partial charge in [-0.15, -0.1) is 0 Å². The van der Waals surface area contributed by atoms with Gasteiger partial charge in [-0.2, -0.15) is 0 Å². The molecule has 1 aliphatic rings. The maximum absolute atomic E-state index is 14.4. The van der Waals surface area contributed by atoms with Gasteiger partial charge < -0.3 is 15.4 Å². The van der Waals surface area contributed by atoms with Crippen LogP contribution in [-0.2, 0) is 16.6 Å². The average Bonchev–Trinajstić information content (AvgIpc) is 3.60. The number of benzene rings is 2. The van der Waals surface area contributed by atoms with Gasteiger partial charge in [0.05, 0.1) is 17.5 Å². The van der Waals surface area contributed by atoms with Gasteiger partial charge in [-0.05, 0) is 68.1 Å². The second-order valence-corrected chi connectivity index (χ2v) is 9.47. The maximum Gasteiger partial charge on any atom is 0.240 e. The minimum absolute atomic E-state index is 0.179. The van der Waals surface area contributed by atoms with Gasteiger partial charge >= 0.3 is 0 Å². The van der Waals surface area contributed by atoms with E-state index in [1.165, 1.54) is 13.1 Å². The van der Waals surface area contributed by atoms with Gasteiger partial charge in [-0.1, -0.05) is 18.2 Å². The zero-order valence-corrected chi connectivity index (χ0v) is 18.8. The molecule has 2 aromatic rings. The molecule has 3 rings (SSSR count). The molecule has 1 aliphatic carbocycles. The molecule has 1 saturated carbocycles. The largest absolute Gasteiger partial charge is 0.490 e. The van der Waals surface area contributed by atoms with Crippen molar-refractivity contribution in [1.82, 2.24) is 15.4 Å². The third kappa shape index (κ3) is 6.41. The standard InChI is InChI=1S/C22H29FN4O3S/c1-15(18-8-11-21(20(23)12-18)30-14-17-4-5-17)27-22(24-2)26-13-16-6-9-19(10-7-16)31(28,29)25-3/h6-12,15,17,25H,4-5,13-14H2,1-3H3,(H2,24,26,27). The van der Waals surface area contributed by atoms with Crippen LogP contribution in [0.1, 0.15) is 36.9 Å². The lowest BCUT2D eigenvalue weighted by Crippen LogP contribution is -2.38. The highest BCUT2D eigenvalue weighted by molar-refractivity contribution is 7.89.